The highest BCUT2D eigenvalue weighted by Crippen LogP contribution is 2.35. The Bertz CT molecular complexity index is 901. The first kappa shape index (κ1) is 17.4. The van der Waals surface area contributed by atoms with Crippen LogP contribution >= 0.6 is 0 Å². The van der Waals surface area contributed by atoms with Gasteiger partial charge in [-0.3, -0.25) is 9.59 Å². The van der Waals surface area contributed by atoms with E-state index in [0.717, 1.165) is 13.1 Å². The molecule has 6 heteroatoms. The number of rotatable bonds is 3. The molecule has 0 radical (unpaired) electrons. The van der Waals surface area contributed by atoms with Crippen LogP contribution in [0.15, 0.2) is 60.3 Å². The highest BCUT2D eigenvalue weighted by atomic mass is 19.1. The van der Waals surface area contributed by atoms with Crippen molar-refractivity contribution in [2.75, 3.05) is 38.1 Å². The van der Waals surface area contributed by atoms with Crippen LogP contribution in [-0.4, -0.2) is 54.8 Å². The summed E-state index contributed by atoms with van der Waals surface area (Å²) in [5.41, 5.74) is 1.84. The maximum Gasteiger partial charge on any atom is 0.282 e. The minimum atomic E-state index is -0.378. The predicted molar refractivity (Wildman–Crippen MR) is 101 cm³/mol. The van der Waals surface area contributed by atoms with E-state index in [2.05, 4.69) is 4.90 Å². The molecule has 0 unspecified atom stereocenters. The number of halogens is 1. The molecule has 2 aromatic rings. The molecule has 2 aliphatic rings. The zero-order valence-electron chi connectivity index (χ0n) is 15.1. The summed E-state index contributed by atoms with van der Waals surface area (Å²) in [5.74, 6) is -1.07. The normalized spacial score (nSPS) is 18.6. The van der Waals surface area contributed by atoms with Gasteiger partial charge in [-0.15, -0.1) is 0 Å². The summed E-state index contributed by atoms with van der Waals surface area (Å²) < 4.78 is 13.4. The molecule has 2 amide bonds. The number of amides is 2. The number of piperazine rings is 1. The van der Waals surface area contributed by atoms with Crippen molar-refractivity contribution in [1.29, 1.82) is 0 Å². The lowest BCUT2D eigenvalue weighted by atomic mass is 10.0. The first-order valence-corrected chi connectivity index (χ1v) is 8.94. The fourth-order valence-corrected chi connectivity index (χ4v) is 3.53. The van der Waals surface area contributed by atoms with E-state index in [-0.39, 0.29) is 17.6 Å². The standard InChI is InChI=1S/C21H20FN3O2/c1-23-11-13-24(14-12-23)19-18(15-7-9-16(22)10-8-15)20(26)25(21(19)27)17-5-3-2-4-6-17/h2-10H,11-14H2,1H3. The van der Waals surface area contributed by atoms with E-state index in [1.807, 2.05) is 18.0 Å². The van der Waals surface area contributed by atoms with Gasteiger partial charge in [0, 0.05) is 26.2 Å². The van der Waals surface area contributed by atoms with E-state index in [0.29, 0.717) is 35.6 Å². The lowest BCUT2D eigenvalue weighted by Gasteiger charge is -2.34. The summed E-state index contributed by atoms with van der Waals surface area (Å²) in [5, 5.41) is 0. The van der Waals surface area contributed by atoms with Crippen LogP contribution in [0, 0.1) is 5.82 Å². The molecule has 4 rings (SSSR count). The van der Waals surface area contributed by atoms with Gasteiger partial charge in [0.2, 0.25) is 0 Å². The van der Waals surface area contributed by atoms with Crippen LogP contribution in [0.2, 0.25) is 0 Å². The van der Waals surface area contributed by atoms with Crippen LogP contribution in [0.25, 0.3) is 5.57 Å². The van der Waals surface area contributed by atoms with Crippen molar-refractivity contribution in [3.05, 3.63) is 71.7 Å². The van der Waals surface area contributed by atoms with Crippen molar-refractivity contribution in [3.63, 3.8) is 0 Å². The Morgan fingerprint density at radius 2 is 1.44 bits per heavy atom. The van der Waals surface area contributed by atoms with Gasteiger partial charge in [-0.2, -0.15) is 0 Å². The van der Waals surface area contributed by atoms with Gasteiger partial charge >= 0.3 is 0 Å². The van der Waals surface area contributed by atoms with Gasteiger partial charge in [0.1, 0.15) is 11.5 Å². The van der Waals surface area contributed by atoms with Gasteiger partial charge in [0.15, 0.2) is 0 Å². The van der Waals surface area contributed by atoms with Crippen LogP contribution in [0.4, 0.5) is 10.1 Å². The zero-order valence-corrected chi connectivity index (χ0v) is 15.1. The molecule has 0 bridgehead atoms. The predicted octanol–water partition coefficient (Wildman–Crippen LogP) is 2.36. The molecule has 0 saturated carbocycles. The Morgan fingerprint density at radius 3 is 2.07 bits per heavy atom. The Hall–Kier alpha value is -2.99. The number of anilines is 1. The second-order valence-corrected chi connectivity index (χ2v) is 6.80. The zero-order chi connectivity index (χ0) is 19.0. The van der Waals surface area contributed by atoms with Crippen molar-refractivity contribution < 1.29 is 14.0 Å². The number of benzene rings is 2. The number of carbonyl (C=O) groups is 2. The van der Waals surface area contributed by atoms with Gasteiger partial charge in [-0.25, -0.2) is 9.29 Å². The molecule has 0 aliphatic carbocycles. The topological polar surface area (TPSA) is 43.9 Å². The van der Waals surface area contributed by atoms with Crippen molar-refractivity contribution in [2.24, 2.45) is 0 Å². The van der Waals surface area contributed by atoms with Crippen molar-refractivity contribution in [2.45, 2.75) is 0 Å². The molecular formula is C21H20FN3O2. The minimum Gasteiger partial charge on any atom is -0.364 e. The van der Waals surface area contributed by atoms with Gasteiger partial charge in [0.25, 0.3) is 11.8 Å². The fraction of sp³-hybridized carbons (Fsp3) is 0.238. The number of hydrogen-bond donors (Lipinski definition) is 0. The minimum absolute atomic E-state index is 0.324. The monoisotopic (exact) mass is 365 g/mol. The summed E-state index contributed by atoms with van der Waals surface area (Å²) >= 11 is 0. The first-order chi connectivity index (χ1) is 13.1. The summed E-state index contributed by atoms with van der Waals surface area (Å²) in [6.07, 6.45) is 0. The molecule has 138 valence electrons. The Balaban J connectivity index is 1.80. The second kappa shape index (κ2) is 6.96. The SMILES string of the molecule is CN1CCN(C2=C(c3ccc(F)cc3)C(=O)N(c3ccccc3)C2=O)CC1. The van der Waals surface area contributed by atoms with E-state index in [9.17, 15) is 14.0 Å². The molecule has 1 saturated heterocycles. The third kappa shape index (κ3) is 3.13. The van der Waals surface area contributed by atoms with Crippen LogP contribution in [0.3, 0.4) is 0 Å². The average Bonchev–Trinajstić information content (AvgIpc) is 2.94. The molecule has 1 fully saturated rings. The van der Waals surface area contributed by atoms with Crippen LogP contribution < -0.4 is 4.90 Å². The van der Waals surface area contributed by atoms with Gasteiger partial charge in [-0.05, 0) is 36.9 Å². The molecule has 0 aromatic heterocycles. The lowest BCUT2D eigenvalue weighted by Crippen LogP contribution is -2.46. The third-order valence-electron chi connectivity index (χ3n) is 5.03. The molecule has 0 N–H and O–H groups in total. The molecule has 5 nitrogen and oxygen atoms in total. The van der Waals surface area contributed by atoms with Crippen LogP contribution in [-0.2, 0) is 9.59 Å². The van der Waals surface area contributed by atoms with E-state index >= 15 is 0 Å². The molecule has 2 aromatic carbocycles. The van der Waals surface area contributed by atoms with E-state index in [4.69, 9.17) is 0 Å². The smallest absolute Gasteiger partial charge is 0.282 e. The Morgan fingerprint density at radius 1 is 0.815 bits per heavy atom. The van der Waals surface area contributed by atoms with Crippen molar-refractivity contribution in [1.82, 2.24) is 9.80 Å². The van der Waals surface area contributed by atoms with Gasteiger partial charge in [0.05, 0.1) is 11.3 Å². The maximum atomic E-state index is 13.4. The number of nitrogens with zero attached hydrogens (tertiary/aromatic N) is 3. The van der Waals surface area contributed by atoms with E-state index in [1.54, 1.807) is 36.4 Å². The summed E-state index contributed by atoms with van der Waals surface area (Å²) in [6, 6.07) is 14.6. The number of imide groups is 1. The summed E-state index contributed by atoms with van der Waals surface area (Å²) in [4.78, 5) is 31.9. The highest BCUT2D eigenvalue weighted by molar-refractivity contribution is 6.45. The molecule has 2 heterocycles. The van der Waals surface area contributed by atoms with Gasteiger partial charge in [-0.1, -0.05) is 30.3 Å². The van der Waals surface area contributed by atoms with E-state index < -0.39 is 0 Å². The lowest BCUT2D eigenvalue weighted by molar-refractivity contribution is -0.120. The Kier molecular flexibility index (Phi) is 4.49. The maximum absolute atomic E-state index is 13.4. The van der Waals surface area contributed by atoms with Crippen LogP contribution in [0.1, 0.15) is 5.56 Å². The molecule has 0 spiro atoms. The first-order valence-electron chi connectivity index (χ1n) is 8.94. The van der Waals surface area contributed by atoms with Crippen molar-refractivity contribution >= 4 is 23.1 Å². The summed E-state index contributed by atoms with van der Waals surface area (Å²) in [7, 11) is 2.03. The quantitative estimate of drug-likeness (QED) is 0.784. The number of hydrogen-bond acceptors (Lipinski definition) is 4. The van der Waals surface area contributed by atoms with Crippen molar-refractivity contribution in [3.8, 4) is 0 Å². The summed E-state index contributed by atoms with van der Waals surface area (Å²) in [6.45, 7) is 2.95. The van der Waals surface area contributed by atoms with E-state index in [1.165, 1.54) is 17.0 Å². The number of carbonyl (C=O) groups excluding carboxylic acids is 2. The molecule has 0 atom stereocenters. The number of likely N-dealkylation sites (N-methyl/N-ethyl adjacent to an activating group) is 1. The second-order valence-electron chi connectivity index (χ2n) is 6.80. The van der Waals surface area contributed by atoms with Crippen LogP contribution in [0.5, 0.6) is 0 Å². The average molecular weight is 365 g/mol. The third-order valence-corrected chi connectivity index (χ3v) is 5.03. The largest absolute Gasteiger partial charge is 0.364 e. The van der Waals surface area contributed by atoms with Gasteiger partial charge < -0.3 is 9.80 Å². The highest BCUT2D eigenvalue weighted by Gasteiger charge is 2.42. The Labute approximate surface area is 157 Å². The number of para-hydroxylation sites is 1. The molecule has 2 aliphatic heterocycles. The molecular weight excluding hydrogens is 345 g/mol. The fourth-order valence-electron chi connectivity index (χ4n) is 3.53. The molecule has 27 heavy (non-hydrogen) atoms.